The maximum absolute atomic E-state index is 11.1. The van der Waals surface area contributed by atoms with Gasteiger partial charge in [0, 0.05) is 6.61 Å². The molecule has 0 radical (unpaired) electrons. The van der Waals surface area contributed by atoms with E-state index in [2.05, 4.69) is 13.8 Å². The number of rotatable bonds is 9. The van der Waals surface area contributed by atoms with E-state index in [1.54, 1.807) is 6.92 Å². The largest absolute Gasteiger partial charge is 0.481 e. The van der Waals surface area contributed by atoms with Gasteiger partial charge in [-0.3, -0.25) is 4.79 Å². The van der Waals surface area contributed by atoms with Crippen molar-refractivity contribution in [3.8, 4) is 0 Å². The van der Waals surface area contributed by atoms with E-state index in [1.165, 1.54) is 0 Å². The van der Waals surface area contributed by atoms with Crippen molar-refractivity contribution in [2.75, 3.05) is 13.2 Å². The minimum atomic E-state index is -0.743. The van der Waals surface area contributed by atoms with Crippen LogP contribution < -0.4 is 0 Å². The molecule has 1 atom stereocenters. The van der Waals surface area contributed by atoms with Gasteiger partial charge in [0.05, 0.1) is 12.0 Å². The summed E-state index contributed by atoms with van der Waals surface area (Å²) in [4.78, 5) is 11.1. The van der Waals surface area contributed by atoms with Gasteiger partial charge in [-0.25, -0.2) is 0 Å². The summed E-state index contributed by atoms with van der Waals surface area (Å²) in [5.41, 5.74) is -0.705. The first-order valence-corrected chi connectivity index (χ1v) is 5.88. The Labute approximate surface area is 92.8 Å². The molecular weight excluding hydrogens is 192 g/mol. The van der Waals surface area contributed by atoms with Crippen LogP contribution in [0.3, 0.4) is 0 Å². The summed E-state index contributed by atoms with van der Waals surface area (Å²) in [5, 5.41) is 9.14. The number of carbonyl (C=O) groups is 1. The number of carboxylic acids is 1. The second-order valence-electron chi connectivity index (χ2n) is 4.38. The normalized spacial score (nSPS) is 14.9. The lowest BCUT2D eigenvalue weighted by atomic mass is 9.86. The van der Waals surface area contributed by atoms with Crippen LogP contribution in [0.25, 0.3) is 0 Å². The predicted molar refractivity (Wildman–Crippen MR) is 61.0 cm³/mol. The number of ether oxygens (including phenoxy) is 1. The van der Waals surface area contributed by atoms with E-state index in [9.17, 15) is 4.79 Å². The Morgan fingerprint density at radius 2 is 1.87 bits per heavy atom. The minimum Gasteiger partial charge on any atom is -0.481 e. The van der Waals surface area contributed by atoms with Gasteiger partial charge in [-0.1, -0.05) is 33.1 Å². The molecule has 3 heteroatoms. The van der Waals surface area contributed by atoms with Gasteiger partial charge in [0.25, 0.3) is 0 Å². The Bertz CT molecular complexity index is 180. The van der Waals surface area contributed by atoms with Crippen molar-refractivity contribution in [3.05, 3.63) is 0 Å². The van der Waals surface area contributed by atoms with Crippen LogP contribution in [0.1, 0.15) is 52.9 Å². The van der Waals surface area contributed by atoms with Crippen molar-refractivity contribution in [3.63, 3.8) is 0 Å². The molecule has 0 rings (SSSR count). The standard InChI is InChI=1S/C12H24O3/c1-4-6-8-12(3,11(13)14)10-15-9-7-5-2/h4-10H2,1-3H3,(H,13,14). The lowest BCUT2D eigenvalue weighted by molar-refractivity contribution is -0.152. The molecule has 0 saturated heterocycles. The first-order chi connectivity index (χ1) is 7.06. The summed E-state index contributed by atoms with van der Waals surface area (Å²) in [5.74, 6) is -0.743. The van der Waals surface area contributed by atoms with Gasteiger partial charge in [-0.05, 0) is 19.8 Å². The first kappa shape index (κ1) is 14.4. The highest BCUT2D eigenvalue weighted by atomic mass is 16.5. The topological polar surface area (TPSA) is 46.5 Å². The van der Waals surface area contributed by atoms with E-state index in [0.717, 1.165) is 25.7 Å². The van der Waals surface area contributed by atoms with E-state index in [1.807, 2.05) is 0 Å². The second kappa shape index (κ2) is 7.69. The van der Waals surface area contributed by atoms with Crippen molar-refractivity contribution in [2.24, 2.45) is 5.41 Å². The molecule has 0 aromatic heterocycles. The molecule has 1 N–H and O–H groups in total. The van der Waals surface area contributed by atoms with Crippen molar-refractivity contribution in [1.29, 1.82) is 0 Å². The summed E-state index contributed by atoms with van der Waals surface area (Å²) >= 11 is 0. The van der Waals surface area contributed by atoms with Gasteiger partial charge in [0.2, 0.25) is 0 Å². The lowest BCUT2D eigenvalue weighted by Crippen LogP contribution is -2.33. The van der Waals surface area contributed by atoms with Crippen molar-refractivity contribution >= 4 is 5.97 Å². The molecule has 0 aromatic carbocycles. The summed E-state index contributed by atoms with van der Waals surface area (Å²) in [7, 11) is 0. The van der Waals surface area contributed by atoms with Crippen LogP contribution in [0.15, 0.2) is 0 Å². The number of hydrogen-bond donors (Lipinski definition) is 1. The van der Waals surface area contributed by atoms with Crippen LogP contribution >= 0.6 is 0 Å². The zero-order valence-corrected chi connectivity index (χ0v) is 10.2. The zero-order chi connectivity index (χ0) is 11.7. The average Bonchev–Trinajstić information content (AvgIpc) is 2.21. The molecule has 0 amide bonds. The smallest absolute Gasteiger partial charge is 0.311 e. The summed E-state index contributed by atoms with van der Waals surface area (Å²) in [6.45, 7) is 6.95. The van der Waals surface area contributed by atoms with Crippen LogP contribution in [-0.4, -0.2) is 24.3 Å². The third kappa shape index (κ3) is 5.78. The molecule has 0 aliphatic carbocycles. The monoisotopic (exact) mass is 216 g/mol. The Balaban J connectivity index is 3.96. The zero-order valence-electron chi connectivity index (χ0n) is 10.2. The van der Waals surface area contributed by atoms with Gasteiger partial charge in [0.1, 0.15) is 0 Å². The van der Waals surface area contributed by atoms with E-state index in [4.69, 9.17) is 9.84 Å². The van der Waals surface area contributed by atoms with Crippen LogP contribution in [0.2, 0.25) is 0 Å². The van der Waals surface area contributed by atoms with Crippen molar-refractivity contribution < 1.29 is 14.6 Å². The third-order valence-electron chi connectivity index (χ3n) is 2.66. The summed E-state index contributed by atoms with van der Waals surface area (Å²) in [6, 6.07) is 0. The predicted octanol–water partition coefficient (Wildman–Crippen LogP) is 3.08. The fourth-order valence-electron chi connectivity index (χ4n) is 1.35. The quantitative estimate of drug-likeness (QED) is 0.602. The molecule has 0 heterocycles. The molecule has 3 nitrogen and oxygen atoms in total. The van der Waals surface area contributed by atoms with Gasteiger partial charge >= 0.3 is 5.97 Å². The highest BCUT2D eigenvalue weighted by Gasteiger charge is 2.32. The molecule has 0 aliphatic heterocycles. The Hall–Kier alpha value is -0.570. The molecule has 0 spiro atoms. The number of aliphatic carboxylic acids is 1. The number of hydrogen-bond acceptors (Lipinski definition) is 2. The van der Waals surface area contributed by atoms with Crippen molar-refractivity contribution in [2.45, 2.75) is 52.9 Å². The van der Waals surface area contributed by atoms with Crippen LogP contribution in [0.5, 0.6) is 0 Å². The molecule has 15 heavy (non-hydrogen) atoms. The van der Waals surface area contributed by atoms with E-state index < -0.39 is 11.4 Å². The third-order valence-corrected chi connectivity index (χ3v) is 2.66. The molecule has 0 aliphatic rings. The SMILES string of the molecule is CCCCOCC(C)(CCCC)C(=O)O. The molecule has 1 unspecified atom stereocenters. The molecule has 0 fully saturated rings. The first-order valence-electron chi connectivity index (χ1n) is 5.88. The Kier molecular flexibility index (Phi) is 7.39. The van der Waals surface area contributed by atoms with Crippen LogP contribution in [0, 0.1) is 5.41 Å². The second-order valence-corrected chi connectivity index (χ2v) is 4.38. The summed E-state index contributed by atoms with van der Waals surface area (Å²) in [6.07, 6.45) is 4.75. The number of unbranched alkanes of at least 4 members (excludes halogenated alkanes) is 2. The van der Waals surface area contributed by atoms with Gasteiger partial charge < -0.3 is 9.84 Å². The highest BCUT2D eigenvalue weighted by molar-refractivity contribution is 5.74. The fraction of sp³-hybridized carbons (Fsp3) is 0.917. The van der Waals surface area contributed by atoms with E-state index in [-0.39, 0.29) is 0 Å². The van der Waals surface area contributed by atoms with Gasteiger partial charge in [-0.2, -0.15) is 0 Å². The Morgan fingerprint density at radius 3 is 2.33 bits per heavy atom. The number of carboxylic acid groups (broad SMARTS) is 1. The maximum Gasteiger partial charge on any atom is 0.311 e. The van der Waals surface area contributed by atoms with Crippen LogP contribution in [-0.2, 0) is 9.53 Å². The lowest BCUT2D eigenvalue weighted by Gasteiger charge is -2.24. The van der Waals surface area contributed by atoms with E-state index in [0.29, 0.717) is 19.6 Å². The Morgan fingerprint density at radius 1 is 1.27 bits per heavy atom. The van der Waals surface area contributed by atoms with Gasteiger partial charge in [0.15, 0.2) is 0 Å². The average molecular weight is 216 g/mol. The minimum absolute atomic E-state index is 0.336. The molecule has 0 bridgehead atoms. The molecular formula is C12H24O3. The summed E-state index contributed by atoms with van der Waals surface area (Å²) < 4.78 is 5.42. The molecule has 0 saturated carbocycles. The van der Waals surface area contributed by atoms with Crippen molar-refractivity contribution in [1.82, 2.24) is 0 Å². The maximum atomic E-state index is 11.1. The molecule has 90 valence electrons. The van der Waals surface area contributed by atoms with Crippen LogP contribution in [0.4, 0.5) is 0 Å². The molecule has 0 aromatic rings. The van der Waals surface area contributed by atoms with E-state index >= 15 is 0 Å². The fourth-order valence-corrected chi connectivity index (χ4v) is 1.35. The highest BCUT2D eigenvalue weighted by Crippen LogP contribution is 2.25. The van der Waals surface area contributed by atoms with Gasteiger partial charge in [-0.15, -0.1) is 0 Å².